The van der Waals surface area contributed by atoms with Gasteiger partial charge >= 0.3 is 0 Å². The number of carbonyl (C=O) groups excluding carboxylic acids is 1. The molecule has 3 N–H and O–H groups in total. The Hall–Kier alpha value is -2.60. The van der Waals surface area contributed by atoms with Crippen molar-refractivity contribution >= 4 is 35.1 Å². The quantitative estimate of drug-likeness (QED) is 0.432. The first-order valence-corrected chi connectivity index (χ1v) is 7.65. The average Bonchev–Trinajstić information content (AvgIpc) is 2.59. The Bertz CT molecular complexity index is 655. The van der Waals surface area contributed by atoms with Crippen molar-refractivity contribution in [2.75, 3.05) is 17.4 Å². The standard InChI is InChI=1S/C17H20N4OS/c1-13-3-5-14(6-4-13)11-21(17(23)18-2)16-9-7-15(8-10-16)20-19-12-22/h3-10,12,20H,11H2,1-2H3,(H,18,23)(H,19,22). The molecule has 0 aliphatic rings. The van der Waals surface area contributed by atoms with Gasteiger partial charge in [0.15, 0.2) is 5.11 Å². The molecule has 0 saturated carbocycles. The molecule has 0 aliphatic heterocycles. The largest absolute Gasteiger partial charge is 0.365 e. The van der Waals surface area contributed by atoms with Crippen LogP contribution in [0.5, 0.6) is 0 Å². The molecule has 0 spiro atoms. The van der Waals surface area contributed by atoms with Crippen LogP contribution >= 0.6 is 12.2 Å². The first-order valence-electron chi connectivity index (χ1n) is 7.24. The second kappa shape index (κ2) is 8.14. The summed E-state index contributed by atoms with van der Waals surface area (Å²) in [7, 11) is 1.81. The monoisotopic (exact) mass is 328 g/mol. The van der Waals surface area contributed by atoms with Gasteiger partial charge in [0, 0.05) is 12.7 Å². The van der Waals surface area contributed by atoms with Crippen LogP contribution in [0.25, 0.3) is 0 Å². The number of hydrazine groups is 1. The van der Waals surface area contributed by atoms with Gasteiger partial charge in [0.05, 0.1) is 12.2 Å². The smallest absolute Gasteiger partial charge is 0.225 e. The van der Waals surface area contributed by atoms with Gasteiger partial charge < -0.3 is 10.2 Å². The summed E-state index contributed by atoms with van der Waals surface area (Å²) >= 11 is 5.43. The highest BCUT2D eigenvalue weighted by atomic mass is 32.1. The lowest BCUT2D eigenvalue weighted by atomic mass is 10.1. The van der Waals surface area contributed by atoms with E-state index in [1.165, 1.54) is 11.1 Å². The highest BCUT2D eigenvalue weighted by Gasteiger charge is 2.11. The molecule has 2 rings (SSSR count). The summed E-state index contributed by atoms with van der Waals surface area (Å²) in [5.74, 6) is 0. The number of thiocarbonyl (C=S) groups is 1. The van der Waals surface area contributed by atoms with E-state index >= 15 is 0 Å². The summed E-state index contributed by atoms with van der Waals surface area (Å²) < 4.78 is 0. The molecule has 0 unspecified atom stereocenters. The number of aryl methyl sites for hydroxylation is 1. The predicted octanol–water partition coefficient (Wildman–Crippen LogP) is 2.58. The first kappa shape index (κ1) is 16.8. The van der Waals surface area contributed by atoms with Crippen molar-refractivity contribution in [2.45, 2.75) is 13.5 Å². The van der Waals surface area contributed by atoms with Gasteiger partial charge in [0.1, 0.15) is 0 Å². The molecule has 1 amide bonds. The minimum atomic E-state index is 0.591. The second-order valence-corrected chi connectivity index (χ2v) is 5.45. The van der Waals surface area contributed by atoms with Crippen molar-refractivity contribution in [2.24, 2.45) is 0 Å². The van der Waals surface area contributed by atoms with Crippen LogP contribution in [-0.4, -0.2) is 18.6 Å². The van der Waals surface area contributed by atoms with Crippen LogP contribution in [0, 0.1) is 6.92 Å². The van der Waals surface area contributed by atoms with Gasteiger partial charge in [-0.1, -0.05) is 29.8 Å². The van der Waals surface area contributed by atoms with Gasteiger partial charge in [-0.3, -0.25) is 15.6 Å². The lowest BCUT2D eigenvalue weighted by Gasteiger charge is -2.25. The van der Waals surface area contributed by atoms with E-state index in [1.807, 2.05) is 36.2 Å². The number of amides is 1. The Balaban J connectivity index is 2.19. The summed E-state index contributed by atoms with van der Waals surface area (Å²) in [5, 5.41) is 3.68. The van der Waals surface area contributed by atoms with Gasteiger partial charge in [-0.15, -0.1) is 0 Å². The highest BCUT2D eigenvalue weighted by Crippen LogP contribution is 2.20. The van der Waals surface area contributed by atoms with Crippen LogP contribution in [-0.2, 0) is 11.3 Å². The number of hydrogen-bond acceptors (Lipinski definition) is 3. The Morgan fingerprint density at radius 2 is 1.78 bits per heavy atom. The fourth-order valence-corrected chi connectivity index (χ4v) is 2.30. The van der Waals surface area contributed by atoms with Crippen molar-refractivity contribution < 1.29 is 4.79 Å². The molecule has 5 nitrogen and oxygen atoms in total. The number of nitrogens with one attached hydrogen (secondary N) is 3. The van der Waals surface area contributed by atoms with E-state index in [9.17, 15) is 4.79 Å². The van der Waals surface area contributed by atoms with Gasteiger partial charge in [0.25, 0.3) is 0 Å². The fraction of sp³-hybridized carbons (Fsp3) is 0.176. The van der Waals surface area contributed by atoms with E-state index in [-0.39, 0.29) is 0 Å². The molecule has 0 atom stereocenters. The molecular weight excluding hydrogens is 308 g/mol. The molecule has 120 valence electrons. The Labute approximate surface area is 141 Å². The summed E-state index contributed by atoms with van der Waals surface area (Å²) in [5.41, 5.74) is 9.37. The molecule has 0 bridgehead atoms. The maximum absolute atomic E-state index is 10.3. The zero-order chi connectivity index (χ0) is 16.7. The summed E-state index contributed by atoms with van der Waals surface area (Å²) in [6.45, 7) is 2.75. The molecule has 0 fully saturated rings. The number of nitrogens with zero attached hydrogens (tertiary/aromatic N) is 1. The van der Waals surface area contributed by atoms with E-state index in [1.54, 1.807) is 0 Å². The maximum atomic E-state index is 10.3. The number of anilines is 2. The van der Waals surface area contributed by atoms with Crippen LogP contribution < -0.4 is 21.1 Å². The van der Waals surface area contributed by atoms with E-state index in [0.717, 1.165) is 11.4 Å². The molecule has 0 aliphatic carbocycles. The Morgan fingerprint density at radius 1 is 1.13 bits per heavy atom. The molecule has 2 aromatic carbocycles. The van der Waals surface area contributed by atoms with Crippen molar-refractivity contribution in [3.63, 3.8) is 0 Å². The molecule has 23 heavy (non-hydrogen) atoms. The molecule has 2 aromatic rings. The average molecular weight is 328 g/mol. The zero-order valence-electron chi connectivity index (χ0n) is 13.2. The molecular formula is C17H20N4OS. The Kier molecular flexibility index (Phi) is 5.94. The topological polar surface area (TPSA) is 56.4 Å². The SMILES string of the molecule is CNC(=S)N(Cc1ccc(C)cc1)c1ccc(NNC=O)cc1. The lowest BCUT2D eigenvalue weighted by Crippen LogP contribution is -2.37. The van der Waals surface area contributed by atoms with E-state index in [2.05, 4.69) is 47.4 Å². The molecule has 0 heterocycles. The van der Waals surface area contributed by atoms with Crippen LogP contribution in [0.1, 0.15) is 11.1 Å². The Morgan fingerprint density at radius 3 is 2.35 bits per heavy atom. The molecule has 0 radical (unpaired) electrons. The van der Waals surface area contributed by atoms with E-state index < -0.39 is 0 Å². The minimum Gasteiger partial charge on any atom is -0.365 e. The molecule has 0 saturated heterocycles. The van der Waals surface area contributed by atoms with Gasteiger partial charge in [0.2, 0.25) is 6.41 Å². The third kappa shape index (κ3) is 4.69. The summed E-state index contributed by atoms with van der Waals surface area (Å²) in [6.07, 6.45) is 0.591. The number of benzene rings is 2. The van der Waals surface area contributed by atoms with Gasteiger partial charge in [-0.05, 0) is 49.0 Å². The first-order chi connectivity index (χ1) is 11.1. The second-order valence-electron chi connectivity index (χ2n) is 5.06. The zero-order valence-corrected chi connectivity index (χ0v) is 14.0. The van der Waals surface area contributed by atoms with E-state index in [0.29, 0.717) is 18.1 Å². The van der Waals surface area contributed by atoms with Crippen LogP contribution in [0.3, 0.4) is 0 Å². The van der Waals surface area contributed by atoms with Crippen molar-refractivity contribution in [1.29, 1.82) is 0 Å². The van der Waals surface area contributed by atoms with E-state index in [4.69, 9.17) is 12.2 Å². The van der Waals surface area contributed by atoms with Crippen molar-refractivity contribution in [3.8, 4) is 0 Å². The third-order valence-corrected chi connectivity index (χ3v) is 3.80. The van der Waals surface area contributed by atoms with Crippen LogP contribution in [0.15, 0.2) is 48.5 Å². The highest BCUT2D eigenvalue weighted by molar-refractivity contribution is 7.80. The predicted molar refractivity (Wildman–Crippen MR) is 98.3 cm³/mol. The summed E-state index contributed by atoms with van der Waals surface area (Å²) in [6, 6.07) is 16.1. The van der Waals surface area contributed by atoms with Crippen LogP contribution in [0.4, 0.5) is 11.4 Å². The fourth-order valence-electron chi connectivity index (χ4n) is 2.13. The van der Waals surface area contributed by atoms with Crippen molar-refractivity contribution in [3.05, 3.63) is 59.7 Å². The lowest BCUT2D eigenvalue weighted by molar-refractivity contribution is -0.109. The number of carbonyl (C=O) groups is 1. The molecule has 0 aromatic heterocycles. The number of hydrogen-bond donors (Lipinski definition) is 3. The van der Waals surface area contributed by atoms with Gasteiger partial charge in [-0.2, -0.15) is 0 Å². The third-order valence-electron chi connectivity index (χ3n) is 3.37. The van der Waals surface area contributed by atoms with Gasteiger partial charge in [-0.25, -0.2) is 0 Å². The number of rotatable bonds is 6. The van der Waals surface area contributed by atoms with Crippen molar-refractivity contribution in [1.82, 2.24) is 10.7 Å². The summed E-state index contributed by atoms with van der Waals surface area (Å²) in [4.78, 5) is 12.3. The van der Waals surface area contributed by atoms with Crippen LogP contribution in [0.2, 0.25) is 0 Å². The normalized spacial score (nSPS) is 9.83. The molecule has 6 heteroatoms. The minimum absolute atomic E-state index is 0.591. The maximum Gasteiger partial charge on any atom is 0.225 e.